The summed E-state index contributed by atoms with van der Waals surface area (Å²) in [6, 6.07) is 12.0. The molecule has 0 aliphatic heterocycles. The minimum Gasteiger partial charge on any atom is -0.403 e. The summed E-state index contributed by atoms with van der Waals surface area (Å²) in [6.07, 6.45) is 1.12. The second-order valence-corrected chi connectivity index (χ2v) is 7.81. The Hall–Kier alpha value is -3.33. The fourth-order valence-corrected chi connectivity index (χ4v) is 2.89. The van der Waals surface area contributed by atoms with E-state index in [-0.39, 0.29) is 22.6 Å². The second-order valence-electron chi connectivity index (χ2n) is 5.80. The summed E-state index contributed by atoms with van der Waals surface area (Å²) in [5, 5.41) is 10.1. The van der Waals surface area contributed by atoms with Gasteiger partial charge in [0.05, 0.1) is 4.90 Å². The van der Waals surface area contributed by atoms with Crippen LogP contribution < -0.4 is 5.32 Å². The van der Waals surface area contributed by atoms with E-state index in [9.17, 15) is 18.0 Å². The van der Waals surface area contributed by atoms with Gasteiger partial charge in [0, 0.05) is 22.9 Å². The summed E-state index contributed by atoms with van der Waals surface area (Å²) >= 11 is 0. The fraction of sp³-hybridized carbons (Fsp3) is 0.111. The molecule has 0 saturated carbocycles. The maximum absolute atomic E-state index is 12.2. The molecule has 3 aromatic rings. The third-order valence-electron chi connectivity index (χ3n) is 3.73. The Morgan fingerprint density at radius 3 is 2.07 bits per heavy atom. The highest BCUT2D eigenvalue weighted by Gasteiger charge is 2.14. The molecule has 0 bridgehead atoms. The maximum atomic E-state index is 12.2. The topological polar surface area (TPSA) is 119 Å². The van der Waals surface area contributed by atoms with Gasteiger partial charge in [-0.25, -0.2) is 8.42 Å². The first-order chi connectivity index (χ1) is 12.7. The van der Waals surface area contributed by atoms with Crippen molar-refractivity contribution in [1.29, 1.82) is 0 Å². The largest absolute Gasteiger partial charge is 0.403 e. The van der Waals surface area contributed by atoms with Crippen molar-refractivity contribution >= 4 is 27.5 Å². The quantitative estimate of drug-likeness (QED) is 0.670. The van der Waals surface area contributed by atoms with Gasteiger partial charge >= 0.3 is 6.01 Å². The van der Waals surface area contributed by atoms with Crippen LogP contribution in [0.1, 0.15) is 27.6 Å². The van der Waals surface area contributed by atoms with E-state index in [1.807, 2.05) is 0 Å². The molecule has 8 nitrogen and oxygen atoms in total. The number of amides is 1. The van der Waals surface area contributed by atoms with E-state index in [0.29, 0.717) is 16.7 Å². The molecule has 1 heterocycles. The van der Waals surface area contributed by atoms with Crippen LogP contribution in [0.15, 0.2) is 57.8 Å². The number of anilines is 1. The van der Waals surface area contributed by atoms with Crippen LogP contribution >= 0.6 is 0 Å². The third kappa shape index (κ3) is 4.26. The number of Topliss-reactive ketones (excluding diaryl/α,β-unsaturated/α-hetero) is 1. The van der Waals surface area contributed by atoms with E-state index in [1.165, 1.54) is 43.3 Å². The van der Waals surface area contributed by atoms with Crippen molar-refractivity contribution in [1.82, 2.24) is 10.2 Å². The fourth-order valence-electron chi connectivity index (χ4n) is 2.26. The predicted molar refractivity (Wildman–Crippen MR) is 97.2 cm³/mol. The van der Waals surface area contributed by atoms with Crippen molar-refractivity contribution < 1.29 is 22.4 Å². The summed E-state index contributed by atoms with van der Waals surface area (Å²) in [5.74, 6) is -0.421. The molecule has 1 amide bonds. The van der Waals surface area contributed by atoms with Gasteiger partial charge in [-0.15, -0.1) is 5.10 Å². The Labute approximate surface area is 155 Å². The van der Waals surface area contributed by atoms with Gasteiger partial charge in [-0.05, 0) is 43.3 Å². The highest BCUT2D eigenvalue weighted by molar-refractivity contribution is 7.90. The first kappa shape index (κ1) is 18.5. The Balaban J connectivity index is 1.74. The van der Waals surface area contributed by atoms with Crippen molar-refractivity contribution in [2.75, 3.05) is 11.6 Å². The zero-order chi connectivity index (χ0) is 19.6. The lowest BCUT2D eigenvalue weighted by atomic mass is 10.1. The van der Waals surface area contributed by atoms with Gasteiger partial charge in [-0.1, -0.05) is 17.2 Å². The SMILES string of the molecule is CC(=O)c1ccc(C(=O)Nc2nnc(-c3ccc(S(C)(=O)=O)cc3)o2)cc1. The molecule has 0 unspecified atom stereocenters. The maximum Gasteiger partial charge on any atom is 0.322 e. The molecular formula is C18H15N3O5S. The number of benzene rings is 2. The Bertz CT molecular complexity index is 1100. The second kappa shape index (κ2) is 7.12. The average molecular weight is 385 g/mol. The van der Waals surface area contributed by atoms with Crippen molar-refractivity contribution in [3.63, 3.8) is 0 Å². The van der Waals surface area contributed by atoms with E-state index in [0.717, 1.165) is 6.26 Å². The molecule has 1 aromatic heterocycles. The molecule has 0 fully saturated rings. The van der Waals surface area contributed by atoms with Gasteiger partial charge in [0.25, 0.3) is 5.91 Å². The van der Waals surface area contributed by atoms with Gasteiger partial charge in [-0.2, -0.15) is 0 Å². The molecule has 3 rings (SSSR count). The molecule has 138 valence electrons. The van der Waals surface area contributed by atoms with Crippen LogP contribution in [0.5, 0.6) is 0 Å². The van der Waals surface area contributed by atoms with Gasteiger partial charge in [0.2, 0.25) is 5.89 Å². The van der Waals surface area contributed by atoms with Crippen molar-refractivity contribution in [3.05, 3.63) is 59.7 Å². The first-order valence-electron chi connectivity index (χ1n) is 7.80. The molecule has 9 heteroatoms. The lowest BCUT2D eigenvalue weighted by Crippen LogP contribution is -2.12. The van der Waals surface area contributed by atoms with E-state index < -0.39 is 15.7 Å². The number of hydrogen-bond acceptors (Lipinski definition) is 7. The molecule has 0 radical (unpaired) electrons. The van der Waals surface area contributed by atoms with Crippen LogP contribution in [0.25, 0.3) is 11.5 Å². The average Bonchev–Trinajstić information content (AvgIpc) is 3.09. The predicted octanol–water partition coefficient (Wildman–Crippen LogP) is 2.60. The first-order valence-corrected chi connectivity index (χ1v) is 9.69. The Morgan fingerprint density at radius 1 is 0.926 bits per heavy atom. The van der Waals surface area contributed by atoms with Crippen LogP contribution in [-0.4, -0.2) is 36.6 Å². The number of ketones is 1. The van der Waals surface area contributed by atoms with Crippen molar-refractivity contribution in [2.45, 2.75) is 11.8 Å². The highest BCUT2D eigenvalue weighted by Crippen LogP contribution is 2.22. The molecule has 0 atom stereocenters. The van der Waals surface area contributed by atoms with E-state index >= 15 is 0 Å². The lowest BCUT2D eigenvalue weighted by molar-refractivity contribution is 0.100. The standard InChI is InChI=1S/C18H15N3O5S/c1-11(22)12-3-5-13(6-4-12)16(23)19-18-21-20-17(26-18)14-7-9-15(10-8-14)27(2,24)25/h3-10H,1-2H3,(H,19,21,23). The van der Waals surface area contributed by atoms with Crippen LogP contribution in [0, 0.1) is 0 Å². The molecule has 2 aromatic carbocycles. The van der Waals surface area contributed by atoms with Crippen LogP contribution in [0.4, 0.5) is 6.01 Å². The highest BCUT2D eigenvalue weighted by atomic mass is 32.2. The van der Waals surface area contributed by atoms with Gasteiger partial charge in [0.15, 0.2) is 15.6 Å². The number of sulfone groups is 1. The minimum absolute atomic E-state index is 0.0922. The number of carbonyl (C=O) groups is 2. The summed E-state index contributed by atoms with van der Waals surface area (Å²) in [6.45, 7) is 1.44. The van der Waals surface area contributed by atoms with Gasteiger partial charge in [0.1, 0.15) is 0 Å². The molecule has 0 aliphatic rings. The summed E-state index contributed by atoms with van der Waals surface area (Å²) in [7, 11) is -3.30. The zero-order valence-electron chi connectivity index (χ0n) is 14.5. The molecule has 0 spiro atoms. The molecule has 27 heavy (non-hydrogen) atoms. The smallest absolute Gasteiger partial charge is 0.322 e. The number of nitrogens with one attached hydrogen (secondary N) is 1. The van der Waals surface area contributed by atoms with E-state index in [2.05, 4.69) is 15.5 Å². The number of nitrogens with zero attached hydrogens (tertiary/aromatic N) is 2. The number of carbonyl (C=O) groups excluding carboxylic acids is 2. The molecule has 0 saturated heterocycles. The van der Waals surface area contributed by atoms with E-state index in [4.69, 9.17) is 4.42 Å². The Morgan fingerprint density at radius 2 is 1.52 bits per heavy atom. The molecule has 1 N–H and O–H groups in total. The number of rotatable bonds is 5. The number of aromatic nitrogens is 2. The third-order valence-corrected chi connectivity index (χ3v) is 4.86. The van der Waals surface area contributed by atoms with E-state index in [1.54, 1.807) is 12.1 Å². The van der Waals surface area contributed by atoms with Gasteiger partial charge in [-0.3, -0.25) is 14.9 Å². The zero-order valence-corrected chi connectivity index (χ0v) is 15.3. The lowest BCUT2D eigenvalue weighted by Gasteiger charge is -2.02. The van der Waals surface area contributed by atoms with Crippen molar-refractivity contribution in [2.24, 2.45) is 0 Å². The molecule has 0 aliphatic carbocycles. The summed E-state index contributed by atoms with van der Waals surface area (Å²) in [4.78, 5) is 23.6. The normalized spacial score (nSPS) is 11.2. The Kier molecular flexibility index (Phi) is 4.87. The van der Waals surface area contributed by atoms with Crippen LogP contribution in [-0.2, 0) is 9.84 Å². The minimum atomic E-state index is -3.30. The summed E-state index contributed by atoms with van der Waals surface area (Å²) < 4.78 is 28.4. The monoisotopic (exact) mass is 385 g/mol. The molecular weight excluding hydrogens is 370 g/mol. The van der Waals surface area contributed by atoms with Crippen LogP contribution in [0.2, 0.25) is 0 Å². The van der Waals surface area contributed by atoms with Gasteiger partial charge < -0.3 is 4.42 Å². The van der Waals surface area contributed by atoms with Crippen LogP contribution in [0.3, 0.4) is 0 Å². The summed E-state index contributed by atoms with van der Waals surface area (Å²) in [5.41, 5.74) is 1.35. The number of hydrogen-bond donors (Lipinski definition) is 1. The van der Waals surface area contributed by atoms with Crippen molar-refractivity contribution in [3.8, 4) is 11.5 Å².